The van der Waals surface area contributed by atoms with E-state index in [1.54, 1.807) is 17.0 Å². The smallest absolute Gasteiger partial charge is 0.406 e. The van der Waals surface area contributed by atoms with Crippen LogP contribution in [-0.4, -0.2) is 43.3 Å². The molecule has 1 saturated heterocycles. The molecule has 1 amide bonds. The average Bonchev–Trinajstić information content (AvgIpc) is 2.45. The number of carbonyl (C=O) groups is 1. The van der Waals surface area contributed by atoms with Crippen molar-refractivity contribution in [1.82, 2.24) is 10.2 Å². The van der Waals surface area contributed by atoms with E-state index in [2.05, 4.69) is 10.1 Å². The molecule has 0 spiro atoms. The van der Waals surface area contributed by atoms with Crippen LogP contribution in [0.4, 0.5) is 13.2 Å². The van der Waals surface area contributed by atoms with Gasteiger partial charge < -0.3 is 15.0 Å². The molecule has 116 valence electrons. The summed E-state index contributed by atoms with van der Waals surface area (Å²) in [5.74, 6) is -0.174. The number of nitrogens with one attached hydrogen (secondary N) is 1. The average molecular weight is 302 g/mol. The van der Waals surface area contributed by atoms with E-state index >= 15 is 0 Å². The zero-order valence-electron chi connectivity index (χ0n) is 11.4. The molecule has 2 rings (SSSR count). The first-order valence-corrected chi connectivity index (χ1v) is 6.77. The minimum absolute atomic E-state index is 0.0760. The number of carbonyl (C=O) groups excluding carboxylic acids is 1. The van der Waals surface area contributed by atoms with Crippen molar-refractivity contribution in [1.29, 1.82) is 0 Å². The Morgan fingerprint density at radius 1 is 1.19 bits per heavy atom. The standard InChI is InChI=1S/C14H17F3N2O2/c15-14(16,17)21-12-4-1-11(2-5-12)3-6-13(20)19-9-7-18-8-10-19/h1-2,4-5,18H,3,6-10H2. The third-order valence-corrected chi connectivity index (χ3v) is 3.25. The summed E-state index contributed by atoms with van der Waals surface area (Å²) in [6.45, 7) is 3.01. The molecule has 0 atom stereocenters. The summed E-state index contributed by atoms with van der Waals surface area (Å²) >= 11 is 0. The van der Waals surface area contributed by atoms with Crippen LogP contribution in [0.5, 0.6) is 5.75 Å². The van der Waals surface area contributed by atoms with Crippen LogP contribution in [-0.2, 0) is 11.2 Å². The molecule has 1 fully saturated rings. The lowest BCUT2D eigenvalue weighted by molar-refractivity contribution is -0.274. The number of benzene rings is 1. The molecular formula is C14H17F3N2O2. The van der Waals surface area contributed by atoms with Crippen LogP contribution >= 0.6 is 0 Å². The van der Waals surface area contributed by atoms with E-state index in [0.717, 1.165) is 18.7 Å². The number of aryl methyl sites for hydroxylation is 1. The summed E-state index contributed by atoms with van der Waals surface area (Å²) in [6.07, 6.45) is -3.81. The summed E-state index contributed by atoms with van der Waals surface area (Å²) in [5.41, 5.74) is 0.813. The van der Waals surface area contributed by atoms with Crippen LogP contribution in [0, 0.1) is 0 Å². The van der Waals surface area contributed by atoms with Gasteiger partial charge in [0.1, 0.15) is 5.75 Å². The van der Waals surface area contributed by atoms with E-state index in [1.807, 2.05) is 0 Å². The van der Waals surface area contributed by atoms with Crippen molar-refractivity contribution < 1.29 is 22.7 Å². The number of amides is 1. The molecule has 1 heterocycles. The van der Waals surface area contributed by atoms with Gasteiger partial charge in [-0.3, -0.25) is 4.79 Å². The van der Waals surface area contributed by atoms with Crippen molar-refractivity contribution in [3.05, 3.63) is 29.8 Å². The quantitative estimate of drug-likeness (QED) is 0.924. The SMILES string of the molecule is O=C(CCc1ccc(OC(F)(F)F)cc1)N1CCNCC1. The van der Waals surface area contributed by atoms with Crippen LogP contribution in [0.2, 0.25) is 0 Å². The fourth-order valence-electron chi connectivity index (χ4n) is 2.18. The highest BCUT2D eigenvalue weighted by molar-refractivity contribution is 5.76. The number of hydrogen-bond donors (Lipinski definition) is 1. The number of alkyl halides is 3. The van der Waals surface area contributed by atoms with Crippen molar-refractivity contribution in [2.24, 2.45) is 0 Å². The van der Waals surface area contributed by atoms with Crippen LogP contribution in [0.3, 0.4) is 0 Å². The van der Waals surface area contributed by atoms with Crippen LogP contribution in [0.15, 0.2) is 24.3 Å². The minimum Gasteiger partial charge on any atom is -0.406 e. The number of piperazine rings is 1. The molecule has 1 aliphatic heterocycles. The maximum Gasteiger partial charge on any atom is 0.573 e. The minimum atomic E-state index is -4.68. The van der Waals surface area contributed by atoms with E-state index < -0.39 is 6.36 Å². The van der Waals surface area contributed by atoms with Gasteiger partial charge in [-0.25, -0.2) is 0 Å². The second-order valence-corrected chi connectivity index (χ2v) is 4.82. The van der Waals surface area contributed by atoms with Crippen molar-refractivity contribution in [2.45, 2.75) is 19.2 Å². The first-order chi connectivity index (χ1) is 9.94. The van der Waals surface area contributed by atoms with Gasteiger partial charge in [0.2, 0.25) is 5.91 Å². The fraction of sp³-hybridized carbons (Fsp3) is 0.500. The molecule has 21 heavy (non-hydrogen) atoms. The zero-order chi connectivity index (χ0) is 15.3. The van der Waals surface area contributed by atoms with Crippen LogP contribution in [0.25, 0.3) is 0 Å². The highest BCUT2D eigenvalue weighted by Gasteiger charge is 2.30. The predicted octanol–water partition coefficient (Wildman–Crippen LogP) is 1.95. The first-order valence-electron chi connectivity index (χ1n) is 6.77. The number of hydrogen-bond acceptors (Lipinski definition) is 3. The number of rotatable bonds is 4. The molecule has 1 aromatic carbocycles. The molecule has 1 aliphatic rings. The Kier molecular flexibility index (Phi) is 5.06. The van der Waals surface area contributed by atoms with Crippen molar-refractivity contribution in [3.63, 3.8) is 0 Å². The Bertz CT molecular complexity index is 468. The first kappa shape index (κ1) is 15.6. The molecule has 1 N–H and O–H groups in total. The van der Waals surface area contributed by atoms with Crippen LogP contribution in [0.1, 0.15) is 12.0 Å². The summed E-state index contributed by atoms with van der Waals surface area (Å²) < 4.78 is 39.9. The van der Waals surface area contributed by atoms with Crippen molar-refractivity contribution >= 4 is 5.91 Å². The lowest BCUT2D eigenvalue weighted by Crippen LogP contribution is -2.46. The van der Waals surface area contributed by atoms with Gasteiger partial charge in [0.25, 0.3) is 0 Å². The topological polar surface area (TPSA) is 41.6 Å². The van der Waals surface area contributed by atoms with Crippen LogP contribution < -0.4 is 10.1 Å². The van der Waals surface area contributed by atoms with Gasteiger partial charge in [-0.1, -0.05) is 12.1 Å². The largest absolute Gasteiger partial charge is 0.573 e. The van der Waals surface area contributed by atoms with E-state index in [1.165, 1.54) is 12.1 Å². The molecule has 0 unspecified atom stereocenters. The lowest BCUT2D eigenvalue weighted by Gasteiger charge is -2.27. The van der Waals surface area contributed by atoms with Gasteiger partial charge in [-0.15, -0.1) is 13.2 Å². The summed E-state index contributed by atoms with van der Waals surface area (Å²) in [5, 5.41) is 3.17. The number of ether oxygens (including phenoxy) is 1. The Balaban J connectivity index is 1.81. The molecule has 0 aliphatic carbocycles. The Hall–Kier alpha value is -1.76. The monoisotopic (exact) mass is 302 g/mol. The summed E-state index contributed by atoms with van der Waals surface area (Å²) in [6, 6.07) is 5.62. The fourth-order valence-corrected chi connectivity index (χ4v) is 2.18. The molecule has 1 aromatic rings. The Labute approximate surface area is 120 Å². The molecular weight excluding hydrogens is 285 g/mol. The van der Waals surface area contributed by atoms with Gasteiger partial charge in [0.15, 0.2) is 0 Å². The molecule has 0 aromatic heterocycles. The van der Waals surface area contributed by atoms with Gasteiger partial charge in [-0.2, -0.15) is 0 Å². The summed E-state index contributed by atoms with van der Waals surface area (Å²) in [7, 11) is 0. The van der Waals surface area contributed by atoms with Gasteiger partial charge in [0.05, 0.1) is 0 Å². The molecule has 0 radical (unpaired) electrons. The predicted molar refractivity (Wildman–Crippen MR) is 70.9 cm³/mol. The van der Waals surface area contributed by atoms with E-state index in [4.69, 9.17) is 0 Å². The Morgan fingerprint density at radius 3 is 2.38 bits per heavy atom. The lowest BCUT2D eigenvalue weighted by atomic mass is 10.1. The van der Waals surface area contributed by atoms with Gasteiger partial charge in [-0.05, 0) is 24.1 Å². The van der Waals surface area contributed by atoms with E-state index in [-0.39, 0.29) is 11.7 Å². The molecule has 0 saturated carbocycles. The maximum absolute atomic E-state index is 12.0. The molecule has 4 nitrogen and oxygen atoms in total. The van der Waals surface area contributed by atoms with Crippen molar-refractivity contribution in [3.8, 4) is 5.75 Å². The molecule has 0 bridgehead atoms. The Morgan fingerprint density at radius 2 is 1.81 bits per heavy atom. The molecule has 7 heteroatoms. The highest BCUT2D eigenvalue weighted by atomic mass is 19.4. The zero-order valence-corrected chi connectivity index (χ0v) is 11.4. The van der Waals surface area contributed by atoms with Gasteiger partial charge >= 0.3 is 6.36 Å². The summed E-state index contributed by atoms with van der Waals surface area (Å²) in [4.78, 5) is 13.8. The van der Waals surface area contributed by atoms with E-state index in [9.17, 15) is 18.0 Å². The second kappa shape index (κ2) is 6.80. The maximum atomic E-state index is 12.0. The van der Waals surface area contributed by atoms with Gasteiger partial charge in [0, 0.05) is 32.6 Å². The second-order valence-electron chi connectivity index (χ2n) is 4.82. The number of halogens is 3. The van der Waals surface area contributed by atoms with Crippen molar-refractivity contribution in [2.75, 3.05) is 26.2 Å². The van der Waals surface area contributed by atoms with E-state index in [0.29, 0.717) is 25.9 Å². The highest BCUT2D eigenvalue weighted by Crippen LogP contribution is 2.23. The third-order valence-electron chi connectivity index (χ3n) is 3.25. The normalized spacial score (nSPS) is 15.9. The third kappa shape index (κ3) is 5.26. The number of nitrogens with zero attached hydrogens (tertiary/aromatic N) is 1.